The molecular weight excluding hydrogens is 623 g/mol. The van der Waals surface area contributed by atoms with E-state index >= 15 is 0 Å². The molecule has 0 aliphatic carbocycles. The van der Waals surface area contributed by atoms with Crippen LogP contribution in [0.3, 0.4) is 0 Å². The lowest BCUT2D eigenvalue weighted by Crippen LogP contribution is -2.35. The Hall–Kier alpha value is -4.09. The predicted molar refractivity (Wildman–Crippen MR) is 185 cm³/mol. The minimum Gasteiger partial charge on any atom is -0.744 e. The number of nitrogens with zero attached hydrogens (tertiary/aromatic N) is 3. The number of rotatable bonds is 6. The molecule has 0 unspecified atom stereocenters. The third-order valence-electron chi connectivity index (χ3n) is 7.48. The van der Waals surface area contributed by atoms with Crippen LogP contribution in [0.25, 0.3) is 27.9 Å². The third kappa shape index (κ3) is 7.10. The van der Waals surface area contributed by atoms with Gasteiger partial charge in [-0.3, -0.25) is 9.36 Å². The number of allylic oxidation sites excluding steroid dienone is 3. The van der Waals surface area contributed by atoms with Gasteiger partial charge in [0.25, 0.3) is 10.6 Å². The molecule has 0 N–H and O–H groups in total. The molecule has 0 amide bonds. The van der Waals surface area contributed by atoms with Gasteiger partial charge >= 0.3 is 0 Å². The van der Waals surface area contributed by atoms with Gasteiger partial charge in [0.1, 0.15) is 26.0 Å². The number of thiazole rings is 2. The molecule has 0 saturated carbocycles. The predicted octanol–water partition coefficient (Wildman–Crippen LogP) is 5.40. The summed E-state index contributed by atoms with van der Waals surface area (Å²) in [4.78, 5) is 15.3. The van der Waals surface area contributed by atoms with E-state index in [1.165, 1.54) is 38.6 Å². The number of benzene rings is 3. The van der Waals surface area contributed by atoms with Crippen molar-refractivity contribution in [3.63, 3.8) is 0 Å². The summed E-state index contributed by atoms with van der Waals surface area (Å²) >= 11 is 3.33. The molecule has 45 heavy (non-hydrogen) atoms. The van der Waals surface area contributed by atoms with E-state index in [0.717, 1.165) is 33.4 Å². The first-order valence-corrected chi connectivity index (χ1v) is 17.8. The first-order chi connectivity index (χ1) is 21.6. The average Bonchev–Trinajstić information content (AvgIpc) is 3.55. The molecule has 0 spiro atoms. The van der Waals surface area contributed by atoms with Crippen molar-refractivity contribution in [3.05, 3.63) is 127 Å². The summed E-state index contributed by atoms with van der Waals surface area (Å²) in [5.41, 5.74) is 5.75. The van der Waals surface area contributed by atoms with Gasteiger partial charge in [-0.1, -0.05) is 65.4 Å². The van der Waals surface area contributed by atoms with Crippen molar-refractivity contribution in [2.24, 2.45) is 0 Å². The van der Waals surface area contributed by atoms with E-state index < -0.39 is 10.1 Å². The normalized spacial score (nSPS) is 14.6. The lowest BCUT2D eigenvalue weighted by atomic mass is 9.99. The number of hydrogen-bond acceptors (Lipinski definition) is 7. The van der Waals surface area contributed by atoms with Gasteiger partial charge in [-0.05, 0) is 69.7 Å². The van der Waals surface area contributed by atoms with Crippen LogP contribution in [0.2, 0.25) is 0 Å². The van der Waals surface area contributed by atoms with Gasteiger partial charge in [-0.2, -0.15) is 4.57 Å². The molecule has 0 saturated heterocycles. The molecule has 6 rings (SSSR count). The average molecular weight is 658 g/mol. The summed E-state index contributed by atoms with van der Waals surface area (Å²) in [7, 11) is -4.27. The Morgan fingerprint density at radius 3 is 2.29 bits per heavy atom. The third-order valence-corrected chi connectivity index (χ3v) is 10.5. The quantitative estimate of drug-likeness (QED) is 0.181. The fourth-order valence-electron chi connectivity index (χ4n) is 5.15. The molecule has 3 aromatic carbocycles. The van der Waals surface area contributed by atoms with Crippen molar-refractivity contribution in [3.8, 4) is 0 Å². The van der Waals surface area contributed by atoms with Gasteiger partial charge < -0.3 is 9.45 Å². The van der Waals surface area contributed by atoms with Gasteiger partial charge in [0.15, 0.2) is 0 Å². The summed E-state index contributed by atoms with van der Waals surface area (Å²) in [5.74, 6) is 0. The first kappa shape index (κ1) is 32.3. The molecule has 3 heterocycles. The van der Waals surface area contributed by atoms with Crippen molar-refractivity contribution in [2.75, 3.05) is 11.4 Å². The zero-order valence-electron chi connectivity index (χ0n) is 25.6. The van der Waals surface area contributed by atoms with Crippen LogP contribution >= 0.6 is 22.7 Å². The fourth-order valence-corrected chi connectivity index (χ4v) is 7.91. The maximum absolute atomic E-state index is 13.2. The number of fused-ring (bicyclic) bond motifs is 2. The van der Waals surface area contributed by atoms with E-state index in [1.54, 1.807) is 34.8 Å². The number of aryl methyl sites for hydroxylation is 2. The second-order valence-electron chi connectivity index (χ2n) is 10.3. The summed E-state index contributed by atoms with van der Waals surface area (Å²) < 4.78 is 38.4. The van der Waals surface area contributed by atoms with Gasteiger partial charge in [0.05, 0.1) is 15.5 Å². The highest BCUT2D eigenvalue weighted by Crippen LogP contribution is 2.32. The molecule has 10 heteroatoms. The van der Waals surface area contributed by atoms with Crippen LogP contribution in [0, 0.1) is 6.92 Å². The van der Waals surface area contributed by atoms with E-state index in [1.807, 2.05) is 24.5 Å². The Morgan fingerprint density at radius 1 is 0.889 bits per heavy atom. The zero-order valence-corrected chi connectivity index (χ0v) is 28.1. The fraction of sp³-hybridized carbons (Fsp3) is 0.200. The van der Waals surface area contributed by atoms with E-state index in [0.29, 0.717) is 6.54 Å². The monoisotopic (exact) mass is 657 g/mol. The Bertz CT molecular complexity index is 2190. The van der Waals surface area contributed by atoms with Crippen molar-refractivity contribution in [1.29, 1.82) is 0 Å². The minimum atomic E-state index is -4.27. The lowest BCUT2D eigenvalue weighted by molar-refractivity contribution is -0.665. The van der Waals surface area contributed by atoms with Crippen LogP contribution in [-0.4, -0.2) is 24.1 Å². The molecule has 5 aromatic rings. The zero-order chi connectivity index (χ0) is 32.1. The summed E-state index contributed by atoms with van der Waals surface area (Å²) in [6, 6.07) is 22.7. The smallest absolute Gasteiger partial charge is 0.269 e. The van der Waals surface area contributed by atoms with Gasteiger partial charge in [0.2, 0.25) is 5.52 Å². The highest BCUT2D eigenvalue weighted by molar-refractivity contribution is 7.85. The molecule has 1 aliphatic rings. The van der Waals surface area contributed by atoms with E-state index in [2.05, 4.69) is 96.3 Å². The Morgan fingerprint density at radius 2 is 1.60 bits per heavy atom. The van der Waals surface area contributed by atoms with Crippen molar-refractivity contribution >= 4 is 66.4 Å². The van der Waals surface area contributed by atoms with Crippen molar-refractivity contribution in [1.82, 2.24) is 4.57 Å². The first-order valence-electron chi connectivity index (χ1n) is 14.8. The van der Waals surface area contributed by atoms with Crippen LogP contribution in [0.5, 0.6) is 0 Å². The van der Waals surface area contributed by atoms with Gasteiger partial charge in [-0.15, -0.1) is 11.3 Å². The molecular formula is C35H35N3O4S3. The second-order valence-corrected chi connectivity index (χ2v) is 13.8. The Labute approximate surface area is 271 Å². The molecule has 1 aliphatic heterocycles. The standard InChI is InChI=1S/C28H28N3OS2.C7H8O3S/c1-4-29-18-17-20(21-11-7-8-12-22(21)29)15-16-25-28(32)31(6-3)27(34-25)19-26-30(5-2)23-13-9-10-14-24(23)33-26;1-6-2-4-7(5-3-6)11(8,9)10/h7-19H,4-6H2,1-3H3;2-5H,1H3,(H,8,9,10)/q+1;/p-1/b20-15+,25-16?;. The summed E-state index contributed by atoms with van der Waals surface area (Å²) in [6.45, 7) is 10.6. The number of aromatic nitrogens is 2. The maximum Gasteiger partial charge on any atom is 0.269 e. The molecule has 2 aromatic heterocycles. The minimum absolute atomic E-state index is 0.0722. The number of hydrogen-bond donors (Lipinski definition) is 0. The summed E-state index contributed by atoms with van der Waals surface area (Å²) in [6.07, 6.45) is 10.5. The van der Waals surface area contributed by atoms with Crippen LogP contribution in [-0.2, 0) is 23.2 Å². The van der Waals surface area contributed by atoms with Crippen molar-refractivity contribution in [2.45, 2.75) is 45.7 Å². The van der Waals surface area contributed by atoms with Gasteiger partial charge in [-0.25, -0.2) is 8.42 Å². The van der Waals surface area contributed by atoms with Crippen LogP contribution in [0.1, 0.15) is 36.9 Å². The highest BCUT2D eigenvalue weighted by Gasteiger charge is 2.18. The van der Waals surface area contributed by atoms with Gasteiger partial charge in [0, 0.05) is 36.6 Å². The van der Waals surface area contributed by atoms with Crippen molar-refractivity contribution < 1.29 is 17.5 Å². The lowest BCUT2D eigenvalue weighted by Gasteiger charge is -2.26. The SMILES string of the molecule is CCN1C=C/C(=C\C=c2sc(=Cc3sc4ccccc4[n+]3CC)n(CC)c2=O)c2ccccc21.Cc1ccc(S(=O)(=O)[O-])cc1. The molecule has 7 nitrogen and oxygen atoms in total. The molecule has 232 valence electrons. The Balaban J connectivity index is 0.000000309. The molecule has 0 bridgehead atoms. The second kappa shape index (κ2) is 13.9. The number of anilines is 1. The van der Waals surface area contributed by atoms with Crippen LogP contribution < -0.4 is 24.2 Å². The Kier molecular flexibility index (Phi) is 9.99. The highest BCUT2D eigenvalue weighted by atomic mass is 32.2. The summed E-state index contributed by atoms with van der Waals surface area (Å²) in [5, 5.41) is 1.17. The topological polar surface area (TPSA) is 86.3 Å². The van der Waals surface area contributed by atoms with Crippen LogP contribution in [0.4, 0.5) is 5.69 Å². The number of para-hydroxylation sites is 2. The van der Waals surface area contributed by atoms with E-state index in [4.69, 9.17) is 0 Å². The van der Waals surface area contributed by atoms with E-state index in [9.17, 15) is 17.8 Å². The molecule has 0 radical (unpaired) electrons. The molecule has 0 fully saturated rings. The maximum atomic E-state index is 13.2. The molecule has 0 atom stereocenters. The van der Waals surface area contributed by atoms with Crippen LogP contribution in [0.15, 0.2) is 101 Å². The van der Waals surface area contributed by atoms with E-state index in [-0.39, 0.29) is 10.5 Å². The largest absolute Gasteiger partial charge is 0.744 e.